The van der Waals surface area contributed by atoms with Crippen LogP contribution in [0.1, 0.15) is 18.1 Å². The third-order valence-electron chi connectivity index (χ3n) is 4.41. The molecule has 0 bridgehead atoms. The van der Waals surface area contributed by atoms with Gasteiger partial charge in [0.2, 0.25) is 0 Å². The number of amides is 2. The molecule has 1 aliphatic heterocycles. The van der Waals surface area contributed by atoms with Gasteiger partial charge in [0.15, 0.2) is 17.6 Å². The number of imide groups is 1. The van der Waals surface area contributed by atoms with Crippen molar-refractivity contribution in [2.45, 2.75) is 19.6 Å². The van der Waals surface area contributed by atoms with Gasteiger partial charge in [-0.1, -0.05) is 29.8 Å². The van der Waals surface area contributed by atoms with Gasteiger partial charge in [-0.15, -0.1) is 0 Å². The summed E-state index contributed by atoms with van der Waals surface area (Å²) in [6.45, 7) is 1.04. The fourth-order valence-electron chi connectivity index (χ4n) is 2.78. The Morgan fingerprint density at radius 1 is 1.29 bits per heavy atom. The minimum absolute atomic E-state index is 0.0356. The second-order valence-electron chi connectivity index (χ2n) is 6.45. The van der Waals surface area contributed by atoms with E-state index in [0.29, 0.717) is 17.3 Å². The van der Waals surface area contributed by atoms with E-state index in [1.165, 1.54) is 38.3 Å². The van der Waals surface area contributed by atoms with Crippen LogP contribution in [0.5, 0.6) is 11.5 Å². The van der Waals surface area contributed by atoms with Crippen molar-refractivity contribution < 1.29 is 33.4 Å². The lowest BCUT2D eigenvalue weighted by Crippen LogP contribution is -2.28. The van der Waals surface area contributed by atoms with E-state index in [9.17, 15) is 18.8 Å². The molecule has 0 aromatic heterocycles. The van der Waals surface area contributed by atoms with Crippen molar-refractivity contribution in [3.05, 3.63) is 63.3 Å². The molecule has 2 aromatic rings. The molecule has 0 aliphatic carbocycles. The standard InChI is InChI=1S/C21H17ClFNO6S/c1-11(20(26)27)30-18-12(5-3-8-16(18)29-2)9-17-19(25)24(21(28)31-17)10-13-14(22)6-4-7-15(13)23/h3-9,11H,10H2,1-2H3,(H,26,27)/b17-9-/t11-/m0/s1. The highest BCUT2D eigenvalue weighted by Gasteiger charge is 2.36. The highest BCUT2D eigenvalue weighted by atomic mass is 35.5. The Morgan fingerprint density at radius 3 is 2.65 bits per heavy atom. The zero-order chi connectivity index (χ0) is 22.7. The normalized spacial score (nSPS) is 16.0. The van der Waals surface area contributed by atoms with Crippen LogP contribution in [-0.4, -0.2) is 40.3 Å². The molecule has 0 unspecified atom stereocenters. The predicted octanol–water partition coefficient (Wildman–Crippen LogP) is 4.58. The molecular formula is C21H17ClFNO6S. The average molecular weight is 466 g/mol. The Kier molecular flexibility index (Phi) is 6.87. The molecule has 1 saturated heterocycles. The summed E-state index contributed by atoms with van der Waals surface area (Å²) in [5.74, 6) is -2.06. The van der Waals surface area contributed by atoms with Crippen LogP contribution in [-0.2, 0) is 16.1 Å². The number of carbonyl (C=O) groups excluding carboxylic acids is 2. The van der Waals surface area contributed by atoms with Crippen molar-refractivity contribution in [3.8, 4) is 11.5 Å². The fourth-order valence-corrected chi connectivity index (χ4v) is 3.83. The van der Waals surface area contributed by atoms with Gasteiger partial charge < -0.3 is 14.6 Å². The number of hydrogen-bond acceptors (Lipinski definition) is 6. The molecule has 162 valence electrons. The smallest absolute Gasteiger partial charge is 0.344 e. The van der Waals surface area contributed by atoms with Crippen molar-refractivity contribution in [1.82, 2.24) is 4.90 Å². The summed E-state index contributed by atoms with van der Waals surface area (Å²) in [6.07, 6.45) is 0.224. The van der Waals surface area contributed by atoms with Crippen LogP contribution in [0.15, 0.2) is 41.3 Å². The third-order valence-corrected chi connectivity index (χ3v) is 5.67. The van der Waals surface area contributed by atoms with Crippen molar-refractivity contribution in [3.63, 3.8) is 0 Å². The fraction of sp³-hybridized carbons (Fsp3) is 0.190. The maximum Gasteiger partial charge on any atom is 0.344 e. The maximum absolute atomic E-state index is 14.1. The van der Waals surface area contributed by atoms with Crippen LogP contribution in [0.25, 0.3) is 6.08 Å². The van der Waals surface area contributed by atoms with Crippen molar-refractivity contribution in [2.75, 3.05) is 7.11 Å². The third kappa shape index (κ3) is 4.83. The van der Waals surface area contributed by atoms with Gasteiger partial charge >= 0.3 is 5.97 Å². The molecular weight excluding hydrogens is 449 g/mol. The molecule has 7 nitrogen and oxygen atoms in total. The van der Waals surface area contributed by atoms with Gasteiger partial charge in [0.25, 0.3) is 11.1 Å². The van der Waals surface area contributed by atoms with Gasteiger partial charge in [-0.2, -0.15) is 0 Å². The van der Waals surface area contributed by atoms with Gasteiger partial charge in [0, 0.05) is 16.1 Å². The monoisotopic (exact) mass is 465 g/mol. The molecule has 1 heterocycles. The molecule has 1 atom stereocenters. The van der Waals surface area contributed by atoms with Crippen LogP contribution in [0.4, 0.5) is 9.18 Å². The Labute approximate surface area is 186 Å². The Balaban J connectivity index is 1.94. The molecule has 10 heteroatoms. The number of carboxylic acids is 1. The first kappa shape index (κ1) is 22.6. The van der Waals surface area contributed by atoms with E-state index in [2.05, 4.69) is 0 Å². The quantitative estimate of drug-likeness (QED) is 0.598. The van der Waals surface area contributed by atoms with E-state index in [1.807, 2.05) is 0 Å². The van der Waals surface area contributed by atoms with E-state index in [1.54, 1.807) is 18.2 Å². The number of nitrogens with zero attached hydrogens (tertiary/aromatic N) is 1. The maximum atomic E-state index is 14.1. The van der Waals surface area contributed by atoms with E-state index in [4.69, 9.17) is 26.2 Å². The van der Waals surface area contributed by atoms with Crippen LogP contribution < -0.4 is 9.47 Å². The van der Waals surface area contributed by atoms with Gasteiger partial charge in [0.1, 0.15) is 5.82 Å². The number of aliphatic carboxylic acids is 1. The number of halogens is 2. The summed E-state index contributed by atoms with van der Waals surface area (Å²) in [6, 6.07) is 8.89. The molecule has 0 saturated carbocycles. The van der Waals surface area contributed by atoms with Gasteiger partial charge in [-0.25, -0.2) is 9.18 Å². The lowest BCUT2D eigenvalue weighted by atomic mass is 10.1. The second-order valence-corrected chi connectivity index (χ2v) is 7.85. The second kappa shape index (κ2) is 9.40. The van der Waals surface area contributed by atoms with E-state index >= 15 is 0 Å². The molecule has 31 heavy (non-hydrogen) atoms. The molecule has 2 aromatic carbocycles. The van der Waals surface area contributed by atoms with Crippen molar-refractivity contribution in [1.29, 1.82) is 0 Å². The van der Waals surface area contributed by atoms with Crippen LogP contribution >= 0.6 is 23.4 Å². The van der Waals surface area contributed by atoms with E-state index < -0.39 is 29.0 Å². The highest BCUT2D eigenvalue weighted by Crippen LogP contribution is 2.38. The number of thioether (sulfide) groups is 1. The van der Waals surface area contributed by atoms with Crippen LogP contribution in [0, 0.1) is 5.82 Å². The first-order chi connectivity index (χ1) is 14.7. The van der Waals surface area contributed by atoms with Crippen LogP contribution in [0.2, 0.25) is 5.02 Å². The molecule has 1 fully saturated rings. The zero-order valence-electron chi connectivity index (χ0n) is 16.4. The van der Waals surface area contributed by atoms with E-state index in [0.717, 1.165) is 4.90 Å². The number of carboxylic acid groups (broad SMARTS) is 1. The number of ether oxygens (including phenoxy) is 2. The summed E-state index contributed by atoms with van der Waals surface area (Å²) >= 11 is 6.68. The molecule has 1 aliphatic rings. The summed E-state index contributed by atoms with van der Waals surface area (Å²) in [5.41, 5.74) is 0.385. The number of hydrogen-bond donors (Lipinski definition) is 1. The van der Waals surface area contributed by atoms with Gasteiger partial charge in [-0.05, 0) is 43.0 Å². The van der Waals surface area contributed by atoms with Crippen molar-refractivity contribution in [2.24, 2.45) is 0 Å². The van der Waals surface area contributed by atoms with Crippen molar-refractivity contribution >= 4 is 46.6 Å². The predicted molar refractivity (Wildman–Crippen MR) is 114 cm³/mol. The van der Waals surface area contributed by atoms with Crippen LogP contribution in [0.3, 0.4) is 0 Å². The Hall–Kier alpha value is -3.04. The molecule has 0 spiro atoms. The topological polar surface area (TPSA) is 93.1 Å². The summed E-state index contributed by atoms with van der Waals surface area (Å²) in [7, 11) is 1.39. The summed E-state index contributed by atoms with van der Waals surface area (Å²) in [5, 5.41) is 8.67. The molecule has 1 N–H and O–H groups in total. The number of para-hydroxylation sites is 1. The zero-order valence-corrected chi connectivity index (χ0v) is 18.0. The van der Waals surface area contributed by atoms with Gasteiger partial charge in [0.05, 0.1) is 18.6 Å². The molecule has 2 amide bonds. The lowest BCUT2D eigenvalue weighted by molar-refractivity contribution is -0.144. The average Bonchev–Trinajstić information content (AvgIpc) is 2.98. The highest BCUT2D eigenvalue weighted by molar-refractivity contribution is 8.18. The minimum Gasteiger partial charge on any atom is -0.493 e. The molecule has 0 radical (unpaired) electrons. The number of methoxy groups -OCH3 is 1. The number of benzene rings is 2. The van der Waals surface area contributed by atoms with Gasteiger partial charge in [-0.3, -0.25) is 14.5 Å². The Morgan fingerprint density at radius 2 is 2.00 bits per heavy atom. The minimum atomic E-state index is -1.18. The number of rotatable bonds is 7. The summed E-state index contributed by atoms with van der Waals surface area (Å²) in [4.78, 5) is 37.4. The first-order valence-corrected chi connectivity index (χ1v) is 10.2. The summed E-state index contributed by atoms with van der Waals surface area (Å²) < 4.78 is 24.8. The largest absolute Gasteiger partial charge is 0.493 e. The SMILES string of the molecule is COc1cccc(/C=C2\SC(=O)N(Cc3c(F)cccc3Cl)C2=O)c1O[C@@H](C)C(=O)O. The first-order valence-electron chi connectivity index (χ1n) is 8.97. The Bertz CT molecular complexity index is 1070. The molecule has 3 rings (SSSR count). The number of carbonyl (C=O) groups is 3. The lowest BCUT2D eigenvalue weighted by Gasteiger charge is -2.16. The van der Waals surface area contributed by atoms with E-state index in [-0.39, 0.29) is 33.5 Å².